The first-order chi connectivity index (χ1) is 5.47. The van der Waals surface area contributed by atoms with Crippen molar-refractivity contribution in [2.24, 2.45) is 5.14 Å². The molecule has 1 aromatic rings. The highest BCUT2D eigenvalue weighted by atomic mass is 79.9. The minimum Gasteiger partial charge on any atom is -0.245 e. The maximum absolute atomic E-state index is 10.6. The van der Waals surface area contributed by atoms with Crippen molar-refractivity contribution >= 4 is 26.0 Å². The summed E-state index contributed by atoms with van der Waals surface area (Å²) < 4.78 is 21.9. The highest BCUT2D eigenvalue weighted by molar-refractivity contribution is 9.10. The zero-order valence-corrected chi connectivity index (χ0v) is 8.47. The Morgan fingerprint density at radius 2 is 2.17 bits per heavy atom. The van der Waals surface area contributed by atoms with Crippen LogP contribution in [0.4, 0.5) is 0 Å². The van der Waals surface area contributed by atoms with E-state index in [1.807, 2.05) is 0 Å². The molecule has 0 spiro atoms. The van der Waals surface area contributed by atoms with Crippen LogP contribution in [-0.4, -0.2) is 13.4 Å². The van der Waals surface area contributed by atoms with Crippen LogP contribution in [0.25, 0.3) is 0 Å². The summed E-state index contributed by atoms with van der Waals surface area (Å²) in [6.07, 6.45) is 0. The van der Waals surface area contributed by atoms with E-state index >= 15 is 0 Å². The summed E-state index contributed by atoms with van der Waals surface area (Å²) >= 11 is 3.12. The Kier molecular flexibility index (Phi) is 2.81. The van der Waals surface area contributed by atoms with E-state index in [1.54, 1.807) is 18.2 Å². The Hall–Kier alpha value is -0.460. The summed E-state index contributed by atoms with van der Waals surface area (Å²) in [6.45, 7) is 0. The molecule has 0 aliphatic rings. The average molecular weight is 251 g/mol. The average Bonchev–Trinajstić information content (AvgIpc) is 1.82. The third-order valence-corrected chi connectivity index (χ3v) is 2.26. The maximum Gasteiger partial charge on any atom is 0.214 e. The molecule has 0 unspecified atom stereocenters. The van der Waals surface area contributed by atoms with Gasteiger partial charge in [-0.3, -0.25) is 0 Å². The number of nitrogens with two attached hydrogens (primary N) is 1. The molecule has 0 atom stereocenters. The molecule has 0 aliphatic heterocycles. The molecule has 0 aliphatic carbocycles. The van der Waals surface area contributed by atoms with Gasteiger partial charge in [0.2, 0.25) is 10.0 Å². The second-order valence-corrected chi connectivity index (χ2v) is 4.69. The number of hydrogen-bond acceptors (Lipinski definition) is 3. The van der Waals surface area contributed by atoms with Gasteiger partial charge in [-0.15, -0.1) is 0 Å². The fraction of sp³-hybridized carbons (Fsp3) is 0.167. The quantitative estimate of drug-likeness (QED) is 0.783. The van der Waals surface area contributed by atoms with E-state index in [2.05, 4.69) is 20.9 Å². The molecule has 1 aromatic heterocycles. The molecule has 6 heteroatoms. The second kappa shape index (κ2) is 3.51. The molecule has 0 saturated carbocycles. The molecule has 0 radical (unpaired) electrons. The molecule has 1 rings (SSSR count). The number of pyridine rings is 1. The van der Waals surface area contributed by atoms with Crippen LogP contribution in [-0.2, 0) is 15.8 Å². The molecule has 66 valence electrons. The number of halogens is 1. The highest BCUT2D eigenvalue weighted by Crippen LogP contribution is 2.07. The van der Waals surface area contributed by atoms with Gasteiger partial charge in [-0.2, -0.15) is 0 Å². The summed E-state index contributed by atoms with van der Waals surface area (Å²) in [5.74, 6) is -0.230. The number of aromatic nitrogens is 1. The Morgan fingerprint density at radius 1 is 1.50 bits per heavy atom. The van der Waals surface area contributed by atoms with E-state index in [0.717, 1.165) is 0 Å². The zero-order valence-electron chi connectivity index (χ0n) is 6.07. The first kappa shape index (κ1) is 9.63. The molecule has 0 fully saturated rings. The van der Waals surface area contributed by atoms with Crippen molar-refractivity contribution in [2.75, 3.05) is 0 Å². The lowest BCUT2D eigenvalue weighted by Gasteiger charge is -1.97. The third kappa shape index (κ3) is 3.29. The second-order valence-electron chi connectivity index (χ2n) is 2.26. The Labute approximate surface area is 79.0 Å². The van der Waals surface area contributed by atoms with Gasteiger partial charge in [0.1, 0.15) is 10.4 Å². The SMILES string of the molecule is NS(=O)(=O)Cc1cccc(Br)n1. The third-order valence-electron chi connectivity index (χ3n) is 1.12. The van der Waals surface area contributed by atoms with Crippen LogP contribution < -0.4 is 5.14 Å². The molecular weight excluding hydrogens is 244 g/mol. The first-order valence-corrected chi connectivity index (χ1v) is 5.60. The van der Waals surface area contributed by atoms with Crippen LogP contribution >= 0.6 is 15.9 Å². The van der Waals surface area contributed by atoms with E-state index in [4.69, 9.17) is 5.14 Å². The van der Waals surface area contributed by atoms with Crippen molar-refractivity contribution in [2.45, 2.75) is 5.75 Å². The number of nitrogens with zero attached hydrogens (tertiary/aromatic N) is 1. The summed E-state index contributed by atoms with van der Waals surface area (Å²) in [5, 5.41) is 4.83. The van der Waals surface area contributed by atoms with Gasteiger partial charge in [0.05, 0.1) is 5.69 Å². The Morgan fingerprint density at radius 3 is 2.67 bits per heavy atom. The lowest BCUT2D eigenvalue weighted by Crippen LogP contribution is -2.15. The number of hydrogen-bond donors (Lipinski definition) is 1. The van der Waals surface area contributed by atoms with Crippen LogP contribution in [0.5, 0.6) is 0 Å². The molecule has 0 amide bonds. The summed E-state index contributed by atoms with van der Waals surface area (Å²) in [5.41, 5.74) is 0.437. The monoisotopic (exact) mass is 250 g/mol. The van der Waals surface area contributed by atoms with E-state index in [-0.39, 0.29) is 5.75 Å². The van der Waals surface area contributed by atoms with E-state index < -0.39 is 10.0 Å². The molecule has 0 aromatic carbocycles. The van der Waals surface area contributed by atoms with Crippen LogP contribution in [0.2, 0.25) is 0 Å². The van der Waals surface area contributed by atoms with Crippen molar-refractivity contribution in [3.8, 4) is 0 Å². The van der Waals surface area contributed by atoms with Gasteiger partial charge in [-0.25, -0.2) is 18.5 Å². The minimum absolute atomic E-state index is 0.230. The van der Waals surface area contributed by atoms with Crippen molar-refractivity contribution in [1.29, 1.82) is 0 Å². The molecule has 0 saturated heterocycles. The Balaban J connectivity index is 2.91. The van der Waals surface area contributed by atoms with Gasteiger partial charge in [0.25, 0.3) is 0 Å². The van der Waals surface area contributed by atoms with E-state index in [1.165, 1.54) is 0 Å². The summed E-state index contributed by atoms with van der Waals surface area (Å²) in [7, 11) is -3.48. The van der Waals surface area contributed by atoms with Crippen molar-refractivity contribution < 1.29 is 8.42 Å². The van der Waals surface area contributed by atoms with Crippen molar-refractivity contribution in [3.63, 3.8) is 0 Å². The van der Waals surface area contributed by atoms with Crippen LogP contribution in [0, 0.1) is 0 Å². The minimum atomic E-state index is -3.48. The number of rotatable bonds is 2. The predicted octanol–water partition coefficient (Wildman–Crippen LogP) is 0.633. The smallest absolute Gasteiger partial charge is 0.214 e. The largest absolute Gasteiger partial charge is 0.245 e. The van der Waals surface area contributed by atoms with Gasteiger partial charge >= 0.3 is 0 Å². The fourth-order valence-electron chi connectivity index (χ4n) is 0.737. The van der Waals surface area contributed by atoms with Gasteiger partial charge in [0.15, 0.2) is 0 Å². The van der Waals surface area contributed by atoms with Gasteiger partial charge in [-0.05, 0) is 28.1 Å². The van der Waals surface area contributed by atoms with Crippen LogP contribution in [0.15, 0.2) is 22.8 Å². The molecular formula is C6H7BrN2O2S. The summed E-state index contributed by atoms with van der Waals surface area (Å²) in [4.78, 5) is 3.92. The topological polar surface area (TPSA) is 73.1 Å². The lowest BCUT2D eigenvalue weighted by atomic mass is 10.4. The van der Waals surface area contributed by atoms with E-state index in [9.17, 15) is 8.42 Å². The molecule has 1 heterocycles. The Bertz CT molecular complexity index is 377. The van der Waals surface area contributed by atoms with Crippen molar-refractivity contribution in [3.05, 3.63) is 28.5 Å². The van der Waals surface area contributed by atoms with Gasteiger partial charge < -0.3 is 0 Å². The molecule has 12 heavy (non-hydrogen) atoms. The lowest BCUT2D eigenvalue weighted by molar-refractivity contribution is 0.596. The zero-order chi connectivity index (χ0) is 9.19. The van der Waals surface area contributed by atoms with Crippen LogP contribution in [0.3, 0.4) is 0 Å². The van der Waals surface area contributed by atoms with Crippen molar-refractivity contribution in [1.82, 2.24) is 4.98 Å². The number of sulfonamides is 1. The predicted molar refractivity (Wildman–Crippen MR) is 48.7 cm³/mol. The van der Waals surface area contributed by atoms with E-state index in [0.29, 0.717) is 10.3 Å². The molecule has 4 nitrogen and oxygen atoms in total. The summed E-state index contributed by atoms with van der Waals surface area (Å²) in [6, 6.07) is 5.03. The standard InChI is InChI=1S/C6H7BrN2O2S/c7-6-3-1-2-5(9-6)4-12(8,10)11/h1-3H,4H2,(H2,8,10,11). The van der Waals surface area contributed by atoms with Gasteiger partial charge in [-0.1, -0.05) is 6.07 Å². The maximum atomic E-state index is 10.6. The van der Waals surface area contributed by atoms with Crippen LogP contribution in [0.1, 0.15) is 5.69 Å². The number of primary sulfonamides is 1. The van der Waals surface area contributed by atoms with Gasteiger partial charge in [0, 0.05) is 0 Å². The fourth-order valence-corrected chi connectivity index (χ4v) is 1.69. The molecule has 2 N–H and O–H groups in total. The first-order valence-electron chi connectivity index (χ1n) is 3.09. The normalized spacial score (nSPS) is 11.5. The highest BCUT2D eigenvalue weighted by Gasteiger charge is 2.05. The molecule has 0 bridgehead atoms.